The predicted octanol–water partition coefficient (Wildman–Crippen LogP) is 2.70. The fourth-order valence-electron chi connectivity index (χ4n) is 4.69. The molecule has 4 rings (SSSR count). The maximum Gasteiger partial charge on any atom is 0.233 e. The van der Waals surface area contributed by atoms with Crippen molar-refractivity contribution in [1.29, 1.82) is 0 Å². The lowest BCUT2D eigenvalue weighted by molar-refractivity contribution is -0.140. The summed E-state index contributed by atoms with van der Waals surface area (Å²) in [5.74, 6) is 0.168. The SMILES string of the molecule is O=C(CCN1C(=O)[C@H]2[C@@H]3CC[C@H](C3)[C@@H]2C1=O)Nc1cccc(Cl)c1. The number of carbonyl (C=O) groups is 3. The van der Waals surface area contributed by atoms with Gasteiger partial charge in [-0.1, -0.05) is 17.7 Å². The molecule has 2 aliphatic carbocycles. The number of hydrogen-bond donors (Lipinski definition) is 1. The van der Waals surface area contributed by atoms with Crippen LogP contribution in [0.4, 0.5) is 5.69 Å². The number of rotatable bonds is 4. The van der Waals surface area contributed by atoms with E-state index in [4.69, 9.17) is 11.6 Å². The van der Waals surface area contributed by atoms with E-state index in [1.54, 1.807) is 24.3 Å². The average Bonchev–Trinajstić information content (AvgIpc) is 3.20. The van der Waals surface area contributed by atoms with Crippen LogP contribution in [0, 0.1) is 23.7 Å². The number of nitrogens with one attached hydrogen (secondary N) is 1. The third kappa shape index (κ3) is 2.51. The summed E-state index contributed by atoms with van der Waals surface area (Å²) in [4.78, 5) is 38.5. The Morgan fingerprint density at radius 3 is 2.46 bits per heavy atom. The molecule has 1 saturated heterocycles. The molecule has 2 bridgehead atoms. The summed E-state index contributed by atoms with van der Waals surface area (Å²) in [7, 11) is 0. The maximum atomic E-state index is 12.6. The van der Waals surface area contributed by atoms with Crippen molar-refractivity contribution >= 4 is 35.0 Å². The van der Waals surface area contributed by atoms with Crippen LogP contribution in [0.15, 0.2) is 24.3 Å². The highest BCUT2D eigenvalue weighted by Gasteiger charge is 2.60. The largest absolute Gasteiger partial charge is 0.326 e. The van der Waals surface area contributed by atoms with Crippen molar-refractivity contribution in [1.82, 2.24) is 4.90 Å². The number of fused-ring (bicyclic) bond motifs is 5. The molecule has 0 radical (unpaired) electrons. The van der Waals surface area contributed by atoms with Crippen LogP contribution in [0.1, 0.15) is 25.7 Å². The van der Waals surface area contributed by atoms with E-state index in [1.165, 1.54) is 4.90 Å². The summed E-state index contributed by atoms with van der Waals surface area (Å²) in [5.41, 5.74) is 0.612. The maximum absolute atomic E-state index is 12.6. The van der Waals surface area contributed by atoms with Gasteiger partial charge in [0, 0.05) is 23.7 Å². The highest BCUT2D eigenvalue weighted by atomic mass is 35.5. The monoisotopic (exact) mass is 346 g/mol. The molecule has 4 atom stereocenters. The van der Waals surface area contributed by atoms with Crippen LogP contribution in [0.5, 0.6) is 0 Å². The first kappa shape index (κ1) is 15.6. The zero-order chi connectivity index (χ0) is 16.8. The summed E-state index contributed by atoms with van der Waals surface area (Å²) in [6, 6.07) is 6.89. The number of nitrogens with zero attached hydrogens (tertiary/aromatic N) is 1. The Bertz CT molecular complexity index is 692. The first-order valence-electron chi connectivity index (χ1n) is 8.45. The minimum atomic E-state index is -0.224. The van der Waals surface area contributed by atoms with Gasteiger partial charge in [0.1, 0.15) is 0 Å². The van der Waals surface area contributed by atoms with E-state index in [0.717, 1.165) is 19.3 Å². The van der Waals surface area contributed by atoms with E-state index in [-0.39, 0.29) is 42.5 Å². The lowest BCUT2D eigenvalue weighted by Crippen LogP contribution is -2.35. The second-order valence-electron chi connectivity index (χ2n) is 7.02. The Balaban J connectivity index is 1.37. The molecule has 3 aliphatic rings. The van der Waals surface area contributed by atoms with Crippen LogP contribution in [-0.4, -0.2) is 29.2 Å². The van der Waals surface area contributed by atoms with Gasteiger partial charge >= 0.3 is 0 Å². The van der Waals surface area contributed by atoms with Gasteiger partial charge in [0.15, 0.2) is 0 Å². The van der Waals surface area contributed by atoms with Crippen molar-refractivity contribution in [3.63, 3.8) is 0 Å². The van der Waals surface area contributed by atoms with Crippen molar-refractivity contribution in [3.05, 3.63) is 29.3 Å². The number of likely N-dealkylation sites (tertiary alicyclic amines) is 1. The summed E-state index contributed by atoms with van der Waals surface area (Å²) in [5, 5.41) is 3.29. The number of benzene rings is 1. The van der Waals surface area contributed by atoms with E-state index >= 15 is 0 Å². The summed E-state index contributed by atoms with van der Waals surface area (Å²) < 4.78 is 0. The van der Waals surface area contributed by atoms with Gasteiger partial charge in [0.2, 0.25) is 17.7 Å². The molecule has 3 fully saturated rings. The molecule has 0 spiro atoms. The molecule has 1 aromatic rings. The number of anilines is 1. The number of hydrogen-bond acceptors (Lipinski definition) is 3. The van der Waals surface area contributed by atoms with Crippen LogP contribution in [-0.2, 0) is 14.4 Å². The molecular weight excluding hydrogens is 328 g/mol. The topological polar surface area (TPSA) is 66.5 Å². The first-order valence-corrected chi connectivity index (χ1v) is 8.83. The zero-order valence-corrected chi connectivity index (χ0v) is 14.0. The van der Waals surface area contributed by atoms with Gasteiger partial charge in [-0.2, -0.15) is 0 Å². The van der Waals surface area contributed by atoms with Crippen LogP contribution < -0.4 is 5.32 Å². The smallest absolute Gasteiger partial charge is 0.233 e. The van der Waals surface area contributed by atoms with Crippen LogP contribution in [0.3, 0.4) is 0 Å². The number of halogens is 1. The molecule has 0 aromatic heterocycles. The number of amides is 3. The van der Waals surface area contributed by atoms with Crippen molar-refractivity contribution in [3.8, 4) is 0 Å². The number of imide groups is 1. The molecule has 3 amide bonds. The van der Waals surface area contributed by atoms with E-state index in [9.17, 15) is 14.4 Å². The summed E-state index contributed by atoms with van der Waals surface area (Å²) in [6.45, 7) is 0.163. The molecule has 126 valence electrons. The normalized spacial score (nSPS) is 30.8. The van der Waals surface area contributed by atoms with Crippen molar-refractivity contribution in [2.75, 3.05) is 11.9 Å². The standard InChI is InChI=1S/C18H19ClN2O3/c19-12-2-1-3-13(9-12)20-14(22)6-7-21-17(23)15-10-4-5-11(8-10)16(15)18(21)24/h1-3,9-11,15-16H,4-8H2,(H,20,22)/t10-,11-,15+,16+/m1/s1. The Morgan fingerprint density at radius 1 is 1.17 bits per heavy atom. The fourth-order valence-corrected chi connectivity index (χ4v) is 4.88. The minimum absolute atomic E-state index is 0.0623. The van der Waals surface area contributed by atoms with Gasteiger partial charge in [-0.15, -0.1) is 0 Å². The van der Waals surface area contributed by atoms with Crippen molar-refractivity contribution in [2.24, 2.45) is 23.7 Å². The molecule has 1 N–H and O–H groups in total. The summed E-state index contributed by atoms with van der Waals surface area (Å²) in [6.07, 6.45) is 3.26. The third-order valence-corrected chi connectivity index (χ3v) is 5.92. The van der Waals surface area contributed by atoms with Gasteiger partial charge < -0.3 is 5.32 Å². The molecule has 2 saturated carbocycles. The highest BCUT2D eigenvalue weighted by Crippen LogP contribution is 2.56. The molecule has 1 heterocycles. The molecule has 24 heavy (non-hydrogen) atoms. The van der Waals surface area contributed by atoms with Crippen molar-refractivity contribution in [2.45, 2.75) is 25.7 Å². The quantitative estimate of drug-likeness (QED) is 0.852. The second kappa shape index (κ2) is 5.88. The molecule has 1 aliphatic heterocycles. The van der Waals surface area contributed by atoms with Crippen LogP contribution in [0.2, 0.25) is 5.02 Å². The summed E-state index contributed by atoms with van der Waals surface area (Å²) >= 11 is 5.89. The van der Waals surface area contributed by atoms with Crippen molar-refractivity contribution < 1.29 is 14.4 Å². The van der Waals surface area contributed by atoms with E-state index < -0.39 is 0 Å². The predicted molar refractivity (Wildman–Crippen MR) is 89.2 cm³/mol. The first-order chi connectivity index (χ1) is 11.5. The molecular formula is C18H19ClN2O3. The van der Waals surface area contributed by atoms with Gasteiger partial charge in [0.05, 0.1) is 11.8 Å². The Morgan fingerprint density at radius 2 is 1.83 bits per heavy atom. The Kier molecular flexibility index (Phi) is 3.83. The zero-order valence-electron chi connectivity index (χ0n) is 13.2. The Hall–Kier alpha value is -1.88. The van der Waals surface area contributed by atoms with Gasteiger partial charge in [-0.3, -0.25) is 19.3 Å². The van der Waals surface area contributed by atoms with Gasteiger partial charge in [0.25, 0.3) is 0 Å². The fraction of sp³-hybridized carbons (Fsp3) is 0.500. The lowest BCUT2D eigenvalue weighted by atomic mass is 9.81. The minimum Gasteiger partial charge on any atom is -0.326 e. The van der Waals surface area contributed by atoms with Gasteiger partial charge in [-0.05, 0) is 49.3 Å². The third-order valence-electron chi connectivity index (χ3n) is 5.69. The molecule has 6 heteroatoms. The molecule has 0 unspecified atom stereocenters. The molecule has 1 aromatic carbocycles. The highest BCUT2D eigenvalue weighted by molar-refractivity contribution is 6.30. The van der Waals surface area contributed by atoms with Gasteiger partial charge in [-0.25, -0.2) is 0 Å². The van der Waals surface area contributed by atoms with E-state index in [2.05, 4.69) is 5.32 Å². The average molecular weight is 347 g/mol. The lowest BCUT2D eigenvalue weighted by Gasteiger charge is -2.19. The van der Waals surface area contributed by atoms with E-state index in [1.807, 2.05) is 0 Å². The van der Waals surface area contributed by atoms with Crippen LogP contribution in [0.25, 0.3) is 0 Å². The Labute approximate surface area is 145 Å². The number of carbonyl (C=O) groups excluding carboxylic acids is 3. The second-order valence-corrected chi connectivity index (χ2v) is 7.46. The van der Waals surface area contributed by atoms with E-state index in [0.29, 0.717) is 22.5 Å². The molecule has 5 nitrogen and oxygen atoms in total. The van der Waals surface area contributed by atoms with Crippen LogP contribution >= 0.6 is 11.6 Å².